The van der Waals surface area contributed by atoms with Gasteiger partial charge in [0, 0.05) is 32.5 Å². The maximum atomic E-state index is 5.04. The number of methoxy groups -OCH3 is 1. The third-order valence-corrected chi connectivity index (χ3v) is 2.06. The molecule has 86 valence electrons. The molecule has 0 fully saturated rings. The van der Waals surface area contributed by atoms with Gasteiger partial charge < -0.3 is 14.6 Å². The summed E-state index contributed by atoms with van der Waals surface area (Å²) in [6, 6.07) is 0.410. The van der Waals surface area contributed by atoms with Crippen LogP contribution in [0.2, 0.25) is 0 Å². The van der Waals surface area contributed by atoms with E-state index in [0.717, 1.165) is 31.2 Å². The van der Waals surface area contributed by atoms with Crippen molar-refractivity contribution in [1.82, 2.24) is 9.55 Å². The van der Waals surface area contributed by atoms with Gasteiger partial charge >= 0.3 is 0 Å². The molecule has 0 amide bonds. The molecule has 0 spiro atoms. The Kier molecular flexibility index (Phi) is 4.62. The smallest absolute Gasteiger partial charge is 0.203 e. The lowest BCUT2D eigenvalue weighted by atomic mass is 10.4. The predicted octanol–water partition coefficient (Wildman–Crippen LogP) is 2.05. The summed E-state index contributed by atoms with van der Waals surface area (Å²) in [5, 5.41) is 3.33. The first-order chi connectivity index (χ1) is 7.13. The van der Waals surface area contributed by atoms with Crippen LogP contribution in [-0.2, 0) is 11.3 Å². The molecule has 1 N–H and O–H groups in total. The predicted molar refractivity (Wildman–Crippen MR) is 62.2 cm³/mol. The van der Waals surface area contributed by atoms with Crippen molar-refractivity contribution in [3.05, 3.63) is 11.9 Å². The number of aryl methyl sites for hydroxylation is 2. The first-order valence-corrected chi connectivity index (χ1v) is 5.42. The molecule has 4 nitrogen and oxygen atoms in total. The van der Waals surface area contributed by atoms with Crippen molar-refractivity contribution < 1.29 is 4.74 Å². The van der Waals surface area contributed by atoms with Crippen molar-refractivity contribution in [2.24, 2.45) is 0 Å². The van der Waals surface area contributed by atoms with Gasteiger partial charge in [-0.25, -0.2) is 4.98 Å². The van der Waals surface area contributed by atoms with Crippen LogP contribution in [0.15, 0.2) is 6.20 Å². The lowest BCUT2D eigenvalue weighted by molar-refractivity contribution is 0.190. The zero-order valence-electron chi connectivity index (χ0n) is 10.1. The summed E-state index contributed by atoms with van der Waals surface area (Å²) in [7, 11) is 1.73. The van der Waals surface area contributed by atoms with Crippen molar-refractivity contribution >= 4 is 5.95 Å². The molecule has 0 aromatic carbocycles. The van der Waals surface area contributed by atoms with Crippen molar-refractivity contribution in [3.63, 3.8) is 0 Å². The van der Waals surface area contributed by atoms with Gasteiger partial charge in [-0.15, -0.1) is 0 Å². The number of anilines is 1. The van der Waals surface area contributed by atoms with Crippen molar-refractivity contribution in [2.45, 2.75) is 39.8 Å². The average molecular weight is 211 g/mol. The highest BCUT2D eigenvalue weighted by molar-refractivity contribution is 5.29. The molecular formula is C11H21N3O. The number of hydrogen-bond acceptors (Lipinski definition) is 3. The Morgan fingerprint density at radius 2 is 2.27 bits per heavy atom. The number of aromatic nitrogens is 2. The number of rotatable bonds is 6. The summed E-state index contributed by atoms with van der Waals surface area (Å²) in [6.45, 7) is 7.98. The van der Waals surface area contributed by atoms with Gasteiger partial charge in [-0.1, -0.05) is 0 Å². The second-order valence-corrected chi connectivity index (χ2v) is 4.04. The summed E-state index contributed by atoms with van der Waals surface area (Å²) >= 11 is 0. The Morgan fingerprint density at radius 1 is 1.53 bits per heavy atom. The summed E-state index contributed by atoms with van der Waals surface area (Å²) in [4.78, 5) is 4.44. The van der Waals surface area contributed by atoms with Crippen LogP contribution in [0.1, 0.15) is 26.0 Å². The van der Waals surface area contributed by atoms with Crippen LogP contribution in [-0.4, -0.2) is 29.3 Å². The summed E-state index contributed by atoms with van der Waals surface area (Å²) in [6.07, 6.45) is 3.08. The van der Waals surface area contributed by atoms with E-state index in [-0.39, 0.29) is 0 Å². The van der Waals surface area contributed by atoms with Gasteiger partial charge in [0.1, 0.15) is 0 Å². The first kappa shape index (κ1) is 12.0. The number of nitrogens with zero attached hydrogens (tertiary/aromatic N) is 2. The molecule has 0 atom stereocenters. The van der Waals surface area contributed by atoms with Crippen molar-refractivity contribution in [3.8, 4) is 0 Å². The standard InChI is InChI=1S/C11H21N3O/c1-9(2)12-11-13-10(3)8-14(11)6-5-7-15-4/h8-9H,5-7H2,1-4H3,(H,12,13). The van der Waals surface area contributed by atoms with E-state index >= 15 is 0 Å². The monoisotopic (exact) mass is 211 g/mol. The van der Waals surface area contributed by atoms with E-state index < -0.39 is 0 Å². The zero-order valence-corrected chi connectivity index (χ0v) is 10.1. The van der Waals surface area contributed by atoms with Crippen LogP contribution < -0.4 is 5.32 Å². The maximum Gasteiger partial charge on any atom is 0.203 e. The number of hydrogen-bond donors (Lipinski definition) is 1. The summed E-state index contributed by atoms with van der Waals surface area (Å²) in [5.41, 5.74) is 1.05. The molecule has 4 heteroatoms. The molecule has 0 aliphatic rings. The third kappa shape index (κ3) is 3.91. The molecule has 1 heterocycles. The molecule has 1 rings (SSSR count). The van der Waals surface area contributed by atoms with Crippen LogP contribution in [0.4, 0.5) is 5.95 Å². The van der Waals surface area contributed by atoms with Gasteiger partial charge in [0.25, 0.3) is 0 Å². The minimum absolute atomic E-state index is 0.410. The molecule has 0 aliphatic carbocycles. The van der Waals surface area contributed by atoms with E-state index in [1.165, 1.54) is 0 Å². The van der Waals surface area contributed by atoms with E-state index in [4.69, 9.17) is 4.74 Å². The van der Waals surface area contributed by atoms with Crippen LogP contribution in [0.3, 0.4) is 0 Å². The van der Waals surface area contributed by atoms with Crippen LogP contribution >= 0.6 is 0 Å². The third-order valence-electron chi connectivity index (χ3n) is 2.06. The van der Waals surface area contributed by atoms with Gasteiger partial charge in [0.15, 0.2) is 0 Å². The lowest BCUT2D eigenvalue weighted by Crippen LogP contribution is -2.15. The van der Waals surface area contributed by atoms with E-state index in [9.17, 15) is 0 Å². The van der Waals surface area contributed by atoms with E-state index in [2.05, 4.69) is 34.9 Å². The molecule has 0 bridgehead atoms. The molecule has 0 radical (unpaired) electrons. The molecule has 0 saturated carbocycles. The maximum absolute atomic E-state index is 5.04. The van der Waals surface area contributed by atoms with E-state index in [1.54, 1.807) is 7.11 Å². The molecule has 1 aromatic rings. The Balaban J connectivity index is 2.59. The Labute approximate surface area is 91.7 Å². The van der Waals surface area contributed by atoms with Crippen molar-refractivity contribution in [1.29, 1.82) is 0 Å². The minimum atomic E-state index is 0.410. The number of imidazole rings is 1. The van der Waals surface area contributed by atoms with Gasteiger partial charge in [0.05, 0.1) is 5.69 Å². The van der Waals surface area contributed by atoms with Crippen LogP contribution in [0.5, 0.6) is 0 Å². The molecule has 15 heavy (non-hydrogen) atoms. The van der Waals surface area contributed by atoms with Gasteiger partial charge in [-0.2, -0.15) is 0 Å². The Hall–Kier alpha value is -1.03. The topological polar surface area (TPSA) is 39.1 Å². The molecule has 0 aliphatic heterocycles. The number of ether oxygens (including phenoxy) is 1. The van der Waals surface area contributed by atoms with Crippen LogP contribution in [0.25, 0.3) is 0 Å². The second-order valence-electron chi connectivity index (χ2n) is 4.04. The van der Waals surface area contributed by atoms with Crippen molar-refractivity contribution in [2.75, 3.05) is 19.0 Å². The largest absolute Gasteiger partial charge is 0.385 e. The SMILES string of the molecule is COCCCn1cc(C)nc1NC(C)C. The van der Waals surface area contributed by atoms with E-state index in [0.29, 0.717) is 6.04 Å². The highest BCUT2D eigenvalue weighted by atomic mass is 16.5. The average Bonchev–Trinajstić information content (AvgIpc) is 2.46. The van der Waals surface area contributed by atoms with Gasteiger partial charge in [0.2, 0.25) is 5.95 Å². The molecule has 0 saturated heterocycles. The zero-order chi connectivity index (χ0) is 11.3. The van der Waals surface area contributed by atoms with Crippen LogP contribution in [0, 0.1) is 6.92 Å². The Morgan fingerprint density at radius 3 is 2.87 bits per heavy atom. The fourth-order valence-electron chi connectivity index (χ4n) is 1.47. The molecular weight excluding hydrogens is 190 g/mol. The highest BCUT2D eigenvalue weighted by Gasteiger charge is 2.05. The minimum Gasteiger partial charge on any atom is -0.385 e. The first-order valence-electron chi connectivity index (χ1n) is 5.42. The van der Waals surface area contributed by atoms with Gasteiger partial charge in [-0.05, 0) is 27.2 Å². The summed E-state index contributed by atoms with van der Waals surface area (Å²) in [5.74, 6) is 0.957. The quantitative estimate of drug-likeness (QED) is 0.732. The molecule has 0 unspecified atom stereocenters. The highest BCUT2D eigenvalue weighted by Crippen LogP contribution is 2.10. The summed E-state index contributed by atoms with van der Waals surface area (Å²) < 4.78 is 7.18. The van der Waals surface area contributed by atoms with Gasteiger partial charge in [-0.3, -0.25) is 0 Å². The fourth-order valence-corrected chi connectivity index (χ4v) is 1.47. The second kappa shape index (κ2) is 5.75. The molecule has 1 aromatic heterocycles. The normalized spacial score (nSPS) is 11.0. The lowest BCUT2D eigenvalue weighted by Gasteiger charge is -2.11. The Bertz CT molecular complexity index is 294. The number of nitrogens with one attached hydrogen (secondary N) is 1. The fraction of sp³-hybridized carbons (Fsp3) is 0.727. The van der Waals surface area contributed by atoms with E-state index in [1.807, 2.05) is 6.92 Å².